The average Bonchev–Trinajstić information content (AvgIpc) is 3.18. The van der Waals surface area contributed by atoms with Crippen LogP contribution in [-0.2, 0) is 25.6 Å². The molecule has 206 valence electrons. The summed E-state index contributed by atoms with van der Waals surface area (Å²) in [4.78, 5) is 51.9. The number of likely N-dealkylation sites (N-methyl/N-ethyl adjacent to an activating group) is 1. The van der Waals surface area contributed by atoms with Gasteiger partial charge in [0.25, 0.3) is 0 Å². The third-order valence-electron chi connectivity index (χ3n) is 7.44. The number of carbonyl (C=O) groups excluding carboxylic acids is 4. The number of allylic oxidation sites excluding steroid dienone is 1. The molecule has 1 aromatic carbocycles. The van der Waals surface area contributed by atoms with Gasteiger partial charge in [-0.3, -0.25) is 45.9 Å². The van der Waals surface area contributed by atoms with Crippen LogP contribution >= 0.6 is 11.8 Å². The molecule has 0 bridgehead atoms. The Balaban J connectivity index is 1.44. The molecule has 1 aliphatic carbocycles. The number of amides is 3. The van der Waals surface area contributed by atoms with Crippen molar-refractivity contribution in [3.05, 3.63) is 58.6 Å². The van der Waals surface area contributed by atoms with E-state index in [2.05, 4.69) is 10.6 Å². The van der Waals surface area contributed by atoms with Crippen molar-refractivity contribution < 1.29 is 38.4 Å². The molecule has 7 N–H and O–H groups in total. The highest BCUT2D eigenvalue weighted by atomic mass is 32.2. The first-order chi connectivity index (χ1) is 18.4. The molecule has 2 heterocycles. The third-order valence-corrected chi connectivity index (χ3v) is 8.26. The van der Waals surface area contributed by atoms with E-state index in [9.17, 15) is 33.1 Å². The molecule has 39 heavy (non-hydrogen) atoms. The van der Waals surface area contributed by atoms with E-state index in [-0.39, 0.29) is 40.6 Å². The van der Waals surface area contributed by atoms with E-state index >= 15 is 0 Å². The topological polar surface area (TPSA) is 180 Å². The van der Waals surface area contributed by atoms with E-state index < -0.39 is 57.5 Å². The maximum Gasteiger partial charge on any atom is 0.313 e. The van der Waals surface area contributed by atoms with Gasteiger partial charge in [-0.2, -0.15) is 0 Å². The molecule has 1 aromatic rings. The number of carbonyl (C=O) groups is 4. The van der Waals surface area contributed by atoms with Crippen molar-refractivity contribution in [3.8, 4) is 0 Å². The number of hydrogen-bond donors (Lipinski definition) is 6. The highest BCUT2D eigenvalue weighted by Crippen LogP contribution is 2.41. The van der Waals surface area contributed by atoms with Crippen molar-refractivity contribution in [1.82, 2.24) is 15.5 Å². The van der Waals surface area contributed by atoms with E-state index in [1.807, 2.05) is 0 Å². The number of Topliss-reactive ketones (excluding diaryl/α,β-unsaturated/α-hetero) is 1. The normalized spacial score (nSPS) is 24.7. The number of aliphatic hydroxyl groups excluding tert-OH is 1. The predicted octanol–water partition coefficient (Wildman–Crippen LogP) is 0.441. The van der Waals surface area contributed by atoms with Gasteiger partial charge in [-0.15, -0.1) is 0 Å². The number of nitrogens with zero attached hydrogens (tertiary/aromatic N) is 1. The van der Waals surface area contributed by atoms with Crippen LogP contribution in [0.2, 0.25) is 0 Å². The van der Waals surface area contributed by atoms with Crippen LogP contribution in [0.25, 0.3) is 0 Å². The van der Waals surface area contributed by atoms with Crippen molar-refractivity contribution in [1.29, 1.82) is 10.8 Å². The number of benzene rings is 1. The van der Waals surface area contributed by atoms with Crippen molar-refractivity contribution in [2.24, 2.45) is 11.8 Å². The fourth-order valence-electron chi connectivity index (χ4n) is 5.15. The summed E-state index contributed by atoms with van der Waals surface area (Å²) in [5.41, 5.74) is -1.54. The molecule has 1 saturated carbocycles. The van der Waals surface area contributed by atoms with Gasteiger partial charge < -0.3 is 10.0 Å². The average molecular weight is 562 g/mol. The molecule has 0 aromatic heterocycles. The molecule has 3 amide bonds. The Morgan fingerprint density at radius 3 is 2.62 bits per heavy atom. The van der Waals surface area contributed by atoms with Crippen molar-refractivity contribution in [3.63, 3.8) is 0 Å². The quantitative estimate of drug-likeness (QED) is 0.126. The SMILES string of the molecule is CNC1(N(C)C(=O)C2=C(O)C(=O)C(C(=N)SC(=N)Cc3ccc(F)cc3F)=C[NH2+]2)CCC2C(=O)NC(=O)C2C1. The summed E-state index contributed by atoms with van der Waals surface area (Å²) >= 11 is 0.563. The fraction of sp³-hybridized carbons (Fsp3) is 0.360. The molecule has 2 fully saturated rings. The van der Waals surface area contributed by atoms with Crippen LogP contribution in [-0.4, -0.2) is 63.4 Å². The highest BCUT2D eigenvalue weighted by molar-refractivity contribution is 8.26. The summed E-state index contributed by atoms with van der Waals surface area (Å²) in [6, 6.07) is 2.92. The number of halogens is 2. The fourth-order valence-corrected chi connectivity index (χ4v) is 5.89. The Hall–Kier alpha value is -3.75. The standard InChI is InChI=1S/C25H26F2N6O5S/c1-30-25(6-5-13-14(9-25)23(37)32-22(13)36)33(2)24(38)18-20(35)19(34)15(10-31-18)21(29)39-17(28)7-11-3-4-12(26)8-16(11)27/h3-4,8,10,13-14,28-30,35H,5-7,9H2,1-2H3,(H,31,34)(H,32,36,37)/p+1. The maximum absolute atomic E-state index is 13.9. The summed E-state index contributed by atoms with van der Waals surface area (Å²) in [5, 5.41) is 32.9. The van der Waals surface area contributed by atoms with Gasteiger partial charge >= 0.3 is 5.91 Å². The second-order valence-corrected chi connectivity index (χ2v) is 10.7. The van der Waals surface area contributed by atoms with Gasteiger partial charge in [-0.25, -0.2) is 8.78 Å². The summed E-state index contributed by atoms with van der Waals surface area (Å²) in [6.07, 6.45) is 1.83. The number of thioether (sulfide) groups is 1. The summed E-state index contributed by atoms with van der Waals surface area (Å²) in [7, 11) is 3.09. The number of fused-ring (bicyclic) bond motifs is 1. The van der Waals surface area contributed by atoms with Crippen LogP contribution in [0, 0.1) is 34.3 Å². The Morgan fingerprint density at radius 2 is 1.95 bits per heavy atom. The molecule has 2 aliphatic heterocycles. The van der Waals surface area contributed by atoms with Crippen LogP contribution < -0.4 is 16.0 Å². The third kappa shape index (κ3) is 5.27. The molecule has 11 nitrogen and oxygen atoms in total. The minimum Gasteiger partial charge on any atom is -0.500 e. The zero-order chi connectivity index (χ0) is 28.6. The lowest BCUT2D eigenvalue weighted by molar-refractivity contribution is -0.532. The van der Waals surface area contributed by atoms with E-state index in [4.69, 9.17) is 10.8 Å². The summed E-state index contributed by atoms with van der Waals surface area (Å²) in [5.74, 6) is -5.98. The molecule has 3 unspecified atom stereocenters. The number of hydrogen-bond acceptors (Lipinski definition) is 9. The van der Waals surface area contributed by atoms with Crippen molar-refractivity contribution >= 4 is 45.4 Å². The number of aliphatic hydroxyl groups is 1. The Labute approximate surface area is 226 Å². The zero-order valence-electron chi connectivity index (χ0n) is 21.1. The molecule has 4 rings (SSSR count). The van der Waals surface area contributed by atoms with Gasteiger partial charge in [0.15, 0.2) is 0 Å². The largest absolute Gasteiger partial charge is 0.500 e. The predicted molar refractivity (Wildman–Crippen MR) is 136 cm³/mol. The van der Waals surface area contributed by atoms with Gasteiger partial charge in [0.05, 0.1) is 22.5 Å². The second-order valence-electron chi connectivity index (χ2n) is 9.56. The minimum atomic E-state index is -1.01. The van der Waals surface area contributed by atoms with Gasteiger partial charge in [0, 0.05) is 19.5 Å². The minimum absolute atomic E-state index is 0.0443. The lowest BCUT2D eigenvalue weighted by Gasteiger charge is -2.46. The number of nitrogens with one attached hydrogen (secondary N) is 4. The molecular formula is C25H27F2N6O5S+. The van der Waals surface area contributed by atoms with Gasteiger partial charge in [-0.05, 0) is 37.9 Å². The van der Waals surface area contributed by atoms with E-state index in [1.165, 1.54) is 29.5 Å². The number of nitrogens with two attached hydrogens (primary N) is 1. The van der Waals surface area contributed by atoms with Crippen LogP contribution in [0.5, 0.6) is 0 Å². The molecule has 14 heteroatoms. The van der Waals surface area contributed by atoms with E-state index in [1.54, 1.807) is 7.05 Å². The van der Waals surface area contributed by atoms with Crippen LogP contribution in [0.3, 0.4) is 0 Å². The van der Waals surface area contributed by atoms with E-state index in [0.717, 1.165) is 6.07 Å². The first-order valence-corrected chi connectivity index (χ1v) is 12.8. The second kappa shape index (κ2) is 10.8. The Bertz CT molecular complexity index is 1380. The molecule has 0 spiro atoms. The molecule has 3 aliphatic rings. The molecule has 1 saturated heterocycles. The van der Waals surface area contributed by atoms with Crippen LogP contribution in [0.1, 0.15) is 24.8 Å². The Kier molecular flexibility index (Phi) is 7.82. The first kappa shape index (κ1) is 28.3. The number of imide groups is 1. The number of ketones is 1. The summed E-state index contributed by atoms with van der Waals surface area (Å²) < 4.78 is 27.0. The van der Waals surface area contributed by atoms with E-state index in [0.29, 0.717) is 30.7 Å². The lowest BCUT2D eigenvalue weighted by atomic mass is 9.74. The number of rotatable bonds is 6. The highest BCUT2D eigenvalue weighted by Gasteiger charge is 2.53. The number of quaternary nitrogens is 1. The van der Waals surface area contributed by atoms with Crippen LogP contribution in [0.15, 0.2) is 41.4 Å². The van der Waals surface area contributed by atoms with Gasteiger partial charge in [0.2, 0.25) is 29.1 Å². The molecular weight excluding hydrogens is 534 g/mol. The van der Waals surface area contributed by atoms with Crippen molar-refractivity contribution in [2.75, 3.05) is 14.1 Å². The van der Waals surface area contributed by atoms with Crippen molar-refractivity contribution in [2.45, 2.75) is 31.3 Å². The monoisotopic (exact) mass is 561 g/mol. The van der Waals surface area contributed by atoms with Crippen LogP contribution in [0.4, 0.5) is 8.78 Å². The first-order valence-electron chi connectivity index (χ1n) is 12.0. The molecule has 0 radical (unpaired) electrons. The lowest BCUT2D eigenvalue weighted by Crippen LogP contribution is -2.81. The smallest absolute Gasteiger partial charge is 0.313 e. The summed E-state index contributed by atoms with van der Waals surface area (Å²) in [6.45, 7) is 0. The molecule has 3 atom stereocenters. The zero-order valence-corrected chi connectivity index (χ0v) is 21.9. The van der Waals surface area contributed by atoms with Gasteiger partial charge in [-0.1, -0.05) is 17.8 Å². The Morgan fingerprint density at radius 1 is 1.26 bits per heavy atom. The van der Waals surface area contributed by atoms with Gasteiger partial charge in [0.1, 0.15) is 28.5 Å². The maximum atomic E-state index is 13.9.